The lowest BCUT2D eigenvalue weighted by Gasteiger charge is -2.35. The van der Waals surface area contributed by atoms with Gasteiger partial charge in [0, 0.05) is 24.8 Å². The minimum absolute atomic E-state index is 0.0234. The van der Waals surface area contributed by atoms with Gasteiger partial charge >= 0.3 is 0 Å². The summed E-state index contributed by atoms with van der Waals surface area (Å²) in [6.45, 7) is 7.65. The van der Waals surface area contributed by atoms with Gasteiger partial charge in [0.1, 0.15) is 12.1 Å². The van der Waals surface area contributed by atoms with Crippen LogP contribution in [0.3, 0.4) is 0 Å². The van der Waals surface area contributed by atoms with Crippen molar-refractivity contribution in [3.05, 3.63) is 40.5 Å². The van der Waals surface area contributed by atoms with Crippen molar-refractivity contribution in [2.24, 2.45) is 5.41 Å². The van der Waals surface area contributed by atoms with E-state index in [1.165, 1.54) is 42.6 Å². The predicted molar refractivity (Wildman–Crippen MR) is 185 cm³/mol. The third kappa shape index (κ3) is 9.60. The van der Waals surface area contributed by atoms with Gasteiger partial charge in [-0.3, -0.25) is 14.4 Å². The monoisotopic (exact) mass is 720 g/mol. The highest BCUT2D eigenvalue weighted by atomic mass is 79.9. The molecule has 3 atom stereocenters. The van der Waals surface area contributed by atoms with Crippen LogP contribution in [0.4, 0.5) is 4.39 Å². The Kier molecular flexibility index (Phi) is 12.8. The normalized spacial score (nSPS) is 19.6. The molecule has 4 rings (SSSR count). The Morgan fingerprint density at radius 3 is 2.39 bits per heavy atom. The summed E-state index contributed by atoms with van der Waals surface area (Å²) < 4.78 is 14.5. The van der Waals surface area contributed by atoms with Crippen LogP contribution in [0.2, 0.25) is 0 Å². The molecule has 46 heavy (non-hydrogen) atoms. The van der Waals surface area contributed by atoms with E-state index in [-0.39, 0.29) is 31.7 Å². The quantitative estimate of drug-likeness (QED) is 0.137. The molecule has 0 unspecified atom stereocenters. The molecule has 3 N–H and O–H groups in total. The maximum atomic E-state index is 14.5. The lowest BCUT2D eigenvalue weighted by molar-refractivity contribution is -0.145. The molecular formula is C35H50BrFN4O4S. The number of β-amino-alcohol motifs (C(OH)–C–C–N with tert-alkyl or cyclic N) is 1. The van der Waals surface area contributed by atoms with E-state index >= 15 is 0 Å². The number of halogens is 2. The fourth-order valence-corrected chi connectivity index (χ4v) is 7.26. The maximum absolute atomic E-state index is 14.5. The molecule has 11 heteroatoms. The van der Waals surface area contributed by atoms with Crippen LogP contribution >= 0.6 is 27.3 Å². The van der Waals surface area contributed by atoms with Crippen molar-refractivity contribution in [1.29, 1.82) is 0 Å². The third-order valence-corrected chi connectivity index (χ3v) is 10.6. The average molecular weight is 722 g/mol. The van der Waals surface area contributed by atoms with Crippen LogP contribution in [0.25, 0.3) is 10.4 Å². The zero-order valence-corrected chi connectivity index (χ0v) is 30.1. The van der Waals surface area contributed by atoms with Gasteiger partial charge in [0.15, 0.2) is 5.67 Å². The summed E-state index contributed by atoms with van der Waals surface area (Å²) in [5.41, 5.74) is 3.51. The minimum atomic E-state index is -1.93. The lowest BCUT2D eigenvalue weighted by Crippen LogP contribution is -2.59. The number of nitrogens with one attached hydrogen (secondary N) is 2. The van der Waals surface area contributed by atoms with Gasteiger partial charge in [0.05, 0.1) is 22.2 Å². The number of nitrogens with zero attached hydrogens (tertiary/aromatic N) is 2. The standard InChI is InChI=1S/C35H50BrFN4O4S/c1-23-29(46-22-39-23)25-13-14-26(24(18-25)12-10-8-6-5-7-9-11-17-36)20-38-31(43)28-19-27(42)21-41(28)32(44)30(34(2,3)4)40-33(45)35(37)15-16-35/h13-14,18,22,27-28,30,42H,5-12,15-17,19-21H2,1-4H3,(H,38,43)(H,40,45)/t27-,28+,30-/m1/s1. The first kappa shape index (κ1) is 36.5. The highest BCUT2D eigenvalue weighted by molar-refractivity contribution is 9.09. The minimum Gasteiger partial charge on any atom is -0.391 e. The number of benzene rings is 1. The van der Waals surface area contributed by atoms with Gasteiger partial charge in [0.25, 0.3) is 5.91 Å². The lowest BCUT2D eigenvalue weighted by atomic mass is 9.85. The summed E-state index contributed by atoms with van der Waals surface area (Å²) in [5, 5.41) is 17.2. The van der Waals surface area contributed by atoms with Crippen LogP contribution in [-0.2, 0) is 27.3 Å². The molecule has 2 aliphatic rings. The van der Waals surface area contributed by atoms with Crippen LogP contribution in [0.5, 0.6) is 0 Å². The number of aryl methyl sites for hydroxylation is 2. The fraction of sp³-hybridized carbons (Fsp3) is 0.657. The summed E-state index contributed by atoms with van der Waals surface area (Å²) in [7, 11) is 0. The summed E-state index contributed by atoms with van der Waals surface area (Å²) in [4.78, 5) is 46.8. The Morgan fingerprint density at radius 1 is 1.11 bits per heavy atom. The summed E-state index contributed by atoms with van der Waals surface area (Å²) in [6, 6.07) is 4.41. The fourth-order valence-electron chi connectivity index (χ4n) is 6.06. The first-order chi connectivity index (χ1) is 21.8. The first-order valence-corrected chi connectivity index (χ1v) is 18.7. The number of rotatable bonds is 16. The average Bonchev–Trinajstić information content (AvgIpc) is 3.42. The van der Waals surface area contributed by atoms with E-state index < -0.39 is 41.1 Å². The number of amides is 3. The van der Waals surface area contributed by atoms with Crippen molar-refractivity contribution in [2.45, 2.75) is 129 Å². The van der Waals surface area contributed by atoms with Crippen LogP contribution < -0.4 is 10.6 Å². The molecule has 1 saturated carbocycles. The number of aromatic nitrogens is 1. The second kappa shape index (κ2) is 16.2. The molecular weight excluding hydrogens is 671 g/mol. The largest absolute Gasteiger partial charge is 0.391 e. The molecule has 2 heterocycles. The SMILES string of the molecule is Cc1ncsc1-c1ccc(CNC(=O)[C@@H]2C[C@@H](O)CN2C(=O)[C@@H](NC(=O)C2(F)CC2)C(C)(C)C)c(CCCCCCCCCBr)c1. The van der Waals surface area contributed by atoms with Crippen molar-refractivity contribution in [2.75, 3.05) is 11.9 Å². The summed E-state index contributed by atoms with van der Waals surface area (Å²) in [5.74, 6) is -1.63. The van der Waals surface area contributed by atoms with Gasteiger partial charge in [-0.05, 0) is 67.2 Å². The zero-order valence-electron chi connectivity index (χ0n) is 27.7. The Morgan fingerprint density at radius 2 is 1.78 bits per heavy atom. The number of hydrogen-bond acceptors (Lipinski definition) is 6. The maximum Gasteiger partial charge on any atom is 0.258 e. The van der Waals surface area contributed by atoms with Crippen LogP contribution in [-0.4, -0.2) is 68.4 Å². The highest BCUT2D eigenvalue weighted by Crippen LogP contribution is 2.40. The van der Waals surface area contributed by atoms with Crippen molar-refractivity contribution in [1.82, 2.24) is 20.5 Å². The second-order valence-corrected chi connectivity index (χ2v) is 15.7. The van der Waals surface area contributed by atoms with E-state index in [9.17, 15) is 23.9 Å². The Balaban J connectivity index is 1.43. The van der Waals surface area contributed by atoms with E-state index in [1.807, 2.05) is 12.4 Å². The molecule has 2 aromatic rings. The predicted octanol–water partition coefficient (Wildman–Crippen LogP) is 6.40. The number of carbonyl (C=O) groups excluding carboxylic acids is 3. The van der Waals surface area contributed by atoms with Gasteiger partial charge in [-0.2, -0.15) is 0 Å². The van der Waals surface area contributed by atoms with Gasteiger partial charge in [0.2, 0.25) is 11.8 Å². The van der Waals surface area contributed by atoms with Gasteiger partial charge in [-0.15, -0.1) is 11.3 Å². The molecule has 1 aliphatic heterocycles. The molecule has 0 radical (unpaired) electrons. The van der Waals surface area contributed by atoms with Crippen LogP contribution in [0.1, 0.15) is 102 Å². The molecule has 0 spiro atoms. The van der Waals surface area contributed by atoms with Gasteiger partial charge in [-0.1, -0.05) is 80.9 Å². The molecule has 2 fully saturated rings. The van der Waals surface area contributed by atoms with E-state index in [0.717, 1.165) is 46.3 Å². The first-order valence-electron chi connectivity index (χ1n) is 16.7. The Labute approximate surface area is 285 Å². The Hall–Kier alpha value is -2.37. The van der Waals surface area contributed by atoms with Crippen LogP contribution in [0, 0.1) is 12.3 Å². The molecule has 1 aliphatic carbocycles. The number of alkyl halides is 2. The van der Waals surface area contributed by atoms with E-state index in [0.29, 0.717) is 6.54 Å². The second-order valence-electron chi connectivity index (χ2n) is 14.0. The number of thiazole rings is 1. The highest BCUT2D eigenvalue weighted by Gasteiger charge is 2.53. The van der Waals surface area contributed by atoms with Crippen molar-refractivity contribution < 1.29 is 23.9 Å². The summed E-state index contributed by atoms with van der Waals surface area (Å²) in [6.07, 6.45) is 8.80. The number of likely N-dealkylation sites (tertiary alicyclic amines) is 1. The topological polar surface area (TPSA) is 112 Å². The number of aliphatic hydroxyl groups is 1. The van der Waals surface area contributed by atoms with Gasteiger partial charge in [-0.25, -0.2) is 9.37 Å². The van der Waals surface area contributed by atoms with Crippen molar-refractivity contribution in [3.63, 3.8) is 0 Å². The van der Waals surface area contributed by atoms with E-state index in [1.54, 1.807) is 32.1 Å². The molecule has 0 bridgehead atoms. The number of carbonyl (C=O) groups is 3. The number of aliphatic hydroxyl groups excluding tert-OH is 1. The zero-order chi connectivity index (χ0) is 33.5. The van der Waals surface area contributed by atoms with Crippen LogP contribution in [0.15, 0.2) is 23.7 Å². The smallest absolute Gasteiger partial charge is 0.258 e. The molecule has 3 amide bonds. The molecule has 254 valence electrons. The molecule has 1 saturated heterocycles. The van der Waals surface area contributed by atoms with Crippen molar-refractivity contribution >= 4 is 45.0 Å². The summed E-state index contributed by atoms with van der Waals surface area (Å²) >= 11 is 5.11. The molecule has 1 aromatic carbocycles. The van der Waals surface area contributed by atoms with Gasteiger partial charge < -0.3 is 20.6 Å². The third-order valence-electron chi connectivity index (χ3n) is 9.10. The molecule has 1 aromatic heterocycles. The van der Waals surface area contributed by atoms with E-state index in [2.05, 4.69) is 49.7 Å². The van der Waals surface area contributed by atoms with Crippen molar-refractivity contribution in [3.8, 4) is 10.4 Å². The number of hydrogen-bond donors (Lipinski definition) is 3. The van der Waals surface area contributed by atoms with E-state index in [4.69, 9.17) is 0 Å². The molecule has 8 nitrogen and oxygen atoms in total. The number of unbranched alkanes of at least 4 members (excludes halogenated alkanes) is 6. The Bertz CT molecular complexity index is 1360.